The van der Waals surface area contributed by atoms with Crippen molar-refractivity contribution >= 4 is 17.5 Å². The quantitative estimate of drug-likeness (QED) is 0.704. The maximum absolute atomic E-state index is 11.7. The monoisotopic (exact) mass is 269 g/mol. The average Bonchev–Trinajstić information content (AvgIpc) is 3.21. The molecule has 1 aliphatic rings. The van der Waals surface area contributed by atoms with Gasteiger partial charge in [-0.2, -0.15) is 0 Å². The lowest BCUT2D eigenvalue weighted by atomic mass is 10.0. The maximum Gasteiger partial charge on any atom is 0.251 e. The number of benzene rings is 1. The van der Waals surface area contributed by atoms with Crippen LogP contribution in [-0.2, 0) is 0 Å². The van der Waals surface area contributed by atoms with Crippen molar-refractivity contribution < 1.29 is 15.0 Å². The van der Waals surface area contributed by atoms with Crippen LogP contribution in [0.15, 0.2) is 24.3 Å². The van der Waals surface area contributed by atoms with Crippen LogP contribution in [0.3, 0.4) is 0 Å². The zero-order valence-electron chi connectivity index (χ0n) is 9.84. The van der Waals surface area contributed by atoms with E-state index in [4.69, 9.17) is 11.6 Å². The number of carbonyl (C=O) groups is 1. The lowest BCUT2D eigenvalue weighted by Crippen LogP contribution is -2.25. The molecular weight excluding hydrogens is 254 g/mol. The number of aliphatic hydroxyl groups is 2. The molecule has 0 spiro atoms. The molecule has 2 unspecified atom stereocenters. The zero-order chi connectivity index (χ0) is 13.1. The van der Waals surface area contributed by atoms with Gasteiger partial charge in [-0.15, -0.1) is 11.6 Å². The van der Waals surface area contributed by atoms with Crippen LogP contribution >= 0.6 is 11.6 Å². The number of rotatable bonds is 5. The van der Waals surface area contributed by atoms with E-state index in [1.54, 1.807) is 24.3 Å². The van der Waals surface area contributed by atoms with Crippen LogP contribution < -0.4 is 5.32 Å². The first-order valence-electron chi connectivity index (χ1n) is 5.94. The first-order valence-corrected chi connectivity index (χ1v) is 6.48. The SMILES string of the molecule is O=C(NC1CC1)c1ccc(C(O)C(O)CCl)cc1. The summed E-state index contributed by atoms with van der Waals surface area (Å²) in [5, 5.41) is 22.0. The van der Waals surface area contributed by atoms with Gasteiger partial charge in [0.15, 0.2) is 0 Å². The Kier molecular flexibility index (Phi) is 4.22. The molecule has 1 saturated carbocycles. The first-order chi connectivity index (χ1) is 8.61. The van der Waals surface area contributed by atoms with Crippen LogP contribution in [0.1, 0.15) is 34.9 Å². The Balaban J connectivity index is 2.02. The molecule has 1 fully saturated rings. The van der Waals surface area contributed by atoms with E-state index in [1.807, 2.05) is 0 Å². The van der Waals surface area contributed by atoms with Crippen molar-refractivity contribution in [3.05, 3.63) is 35.4 Å². The van der Waals surface area contributed by atoms with Gasteiger partial charge in [-0.05, 0) is 30.5 Å². The van der Waals surface area contributed by atoms with Gasteiger partial charge in [0, 0.05) is 11.6 Å². The van der Waals surface area contributed by atoms with Gasteiger partial charge in [0.1, 0.15) is 6.10 Å². The molecule has 1 aliphatic carbocycles. The molecule has 98 valence electrons. The molecule has 1 aromatic rings. The van der Waals surface area contributed by atoms with Crippen molar-refractivity contribution in [2.24, 2.45) is 0 Å². The molecule has 1 aromatic carbocycles. The molecular formula is C13H16ClNO3. The van der Waals surface area contributed by atoms with Crippen LogP contribution in [0, 0.1) is 0 Å². The second kappa shape index (κ2) is 5.69. The fourth-order valence-electron chi connectivity index (χ4n) is 1.63. The van der Waals surface area contributed by atoms with E-state index in [9.17, 15) is 15.0 Å². The number of hydrogen-bond acceptors (Lipinski definition) is 3. The van der Waals surface area contributed by atoms with E-state index in [0.717, 1.165) is 12.8 Å². The van der Waals surface area contributed by atoms with Gasteiger partial charge in [-0.1, -0.05) is 12.1 Å². The van der Waals surface area contributed by atoms with Gasteiger partial charge in [0.05, 0.1) is 12.0 Å². The second-order valence-electron chi connectivity index (χ2n) is 4.54. The summed E-state index contributed by atoms with van der Waals surface area (Å²) in [5.74, 6) is -0.137. The van der Waals surface area contributed by atoms with Gasteiger partial charge >= 0.3 is 0 Å². The van der Waals surface area contributed by atoms with Crippen LogP contribution in [0.25, 0.3) is 0 Å². The molecule has 4 nitrogen and oxygen atoms in total. The number of aliphatic hydroxyl groups excluding tert-OH is 2. The third kappa shape index (κ3) is 3.22. The van der Waals surface area contributed by atoms with Crippen molar-refractivity contribution in [2.75, 3.05) is 5.88 Å². The van der Waals surface area contributed by atoms with Crippen LogP contribution in [0.4, 0.5) is 0 Å². The minimum absolute atomic E-state index is 0.0366. The summed E-state index contributed by atoms with van der Waals surface area (Å²) in [6, 6.07) is 6.85. The predicted octanol–water partition coefficient (Wildman–Crippen LogP) is 1.21. The maximum atomic E-state index is 11.7. The Hall–Kier alpha value is -1.10. The summed E-state index contributed by atoms with van der Waals surface area (Å²) in [6.45, 7) is 0. The van der Waals surface area contributed by atoms with Crippen LogP contribution in [0.2, 0.25) is 0 Å². The number of hydrogen-bond donors (Lipinski definition) is 3. The summed E-state index contributed by atoms with van der Waals surface area (Å²) >= 11 is 5.47. The highest BCUT2D eigenvalue weighted by Crippen LogP contribution is 2.21. The van der Waals surface area contributed by atoms with E-state index >= 15 is 0 Å². The van der Waals surface area contributed by atoms with Crippen LogP contribution in [-0.4, -0.2) is 34.1 Å². The predicted molar refractivity (Wildman–Crippen MR) is 68.6 cm³/mol. The molecule has 0 aromatic heterocycles. The molecule has 0 saturated heterocycles. The van der Waals surface area contributed by atoms with Gasteiger partial charge in [0.2, 0.25) is 0 Å². The lowest BCUT2D eigenvalue weighted by Gasteiger charge is -2.15. The number of alkyl halides is 1. The van der Waals surface area contributed by atoms with E-state index in [0.29, 0.717) is 17.2 Å². The van der Waals surface area contributed by atoms with Gasteiger partial charge in [0.25, 0.3) is 5.91 Å². The third-order valence-corrected chi connectivity index (χ3v) is 3.27. The standard InChI is InChI=1S/C13H16ClNO3/c14-7-11(16)12(17)8-1-3-9(4-2-8)13(18)15-10-5-6-10/h1-4,10-12,16-17H,5-7H2,(H,15,18). The highest BCUT2D eigenvalue weighted by molar-refractivity contribution is 6.18. The number of halogens is 1. The molecule has 1 amide bonds. The van der Waals surface area contributed by atoms with Gasteiger partial charge < -0.3 is 15.5 Å². The number of amides is 1. The molecule has 18 heavy (non-hydrogen) atoms. The molecule has 5 heteroatoms. The zero-order valence-corrected chi connectivity index (χ0v) is 10.6. The van der Waals surface area contributed by atoms with E-state index in [1.165, 1.54) is 0 Å². The Morgan fingerprint density at radius 2 is 1.94 bits per heavy atom. The lowest BCUT2D eigenvalue weighted by molar-refractivity contribution is 0.0327. The van der Waals surface area contributed by atoms with E-state index in [-0.39, 0.29) is 11.8 Å². The smallest absolute Gasteiger partial charge is 0.251 e. The van der Waals surface area contributed by atoms with Crippen molar-refractivity contribution in [3.63, 3.8) is 0 Å². The summed E-state index contributed by atoms with van der Waals surface area (Å²) in [6.07, 6.45) is 0.0652. The summed E-state index contributed by atoms with van der Waals surface area (Å²) in [4.78, 5) is 11.7. The minimum Gasteiger partial charge on any atom is -0.389 e. The Morgan fingerprint density at radius 3 is 2.44 bits per heavy atom. The molecule has 0 heterocycles. The summed E-state index contributed by atoms with van der Waals surface area (Å²) < 4.78 is 0. The Bertz CT molecular complexity index is 417. The Labute approximate surface area is 111 Å². The van der Waals surface area contributed by atoms with Crippen molar-refractivity contribution in [1.29, 1.82) is 0 Å². The van der Waals surface area contributed by atoms with E-state index in [2.05, 4.69) is 5.32 Å². The van der Waals surface area contributed by atoms with Crippen LogP contribution in [0.5, 0.6) is 0 Å². The normalized spacial score (nSPS) is 18.2. The molecule has 0 bridgehead atoms. The van der Waals surface area contributed by atoms with E-state index < -0.39 is 12.2 Å². The van der Waals surface area contributed by atoms with Crippen molar-refractivity contribution in [3.8, 4) is 0 Å². The van der Waals surface area contributed by atoms with Gasteiger partial charge in [-0.3, -0.25) is 4.79 Å². The van der Waals surface area contributed by atoms with Gasteiger partial charge in [-0.25, -0.2) is 0 Å². The summed E-state index contributed by atoms with van der Waals surface area (Å²) in [7, 11) is 0. The Morgan fingerprint density at radius 1 is 1.33 bits per heavy atom. The molecule has 3 N–H and O–H groups in total. The number of nitrogens with one attached hydrogen (secondary N) is 1. The number of carbonyl (C=O) groups excluding carboxylic acids is 1. The fraction of sp³-hybridized carbons (Fsp3) is 0.462. The molecule has 0 radical (unpaired) electrons. The third-order valence-electron chi connectivity index (χ3n) is 2.95. The molecule has 2 rings (SSSR count). The average molecular weight is 270 g/mol. The van der Waals surface area contributed by atoms with Crippen molar-refractivity contribution in [1.82, 2.24) is 5.32 Å². The largest absolute Gasteiger partial charge is 0.389 e. The fourth-order valence-corrected chi connectivity index (χ4v) is 1.80. The minimum atomic E-state index is -1.02. The van der Waals surface area contributed by atoms with Crippen molar-refractivity contribution in [2.45, 2.75) is 31.1 Å². The highest BCUT2D eigenvalue weighted by Gasteiger charge is 2.24. The highest BCUT2D eigenvalue weighted by atomic mass is 35.5. The summed E-state index contributed by atoms with van der Waals surface area (Å²) in [5.41, 5.74) is 1.10. The molecule has 0 aliphatic heterocycles. The molecule has 2 atom stereocenters. The second-order valence-corrected chi connectivity index (χ2v) is 4.84. The first kappa shape index (κ1) is 13.3. The topological polar surface area (TPSA) is 69.6 Å².